The lowest BCUT2D eigenvalue weighted by atomic mass is 10.1. The molecule has 7 nitrogen and oxygen atoms in total. The Balaban J connectivity index is 1.48. The first kappa shape index (κ1) is 22.1. The smallest absolute Gasteiger partial charge is 0.497 e. The lowest BCUT2D eigenvalue weighted by Gasteiger charge is -2.18. The number of imide groups is 1. The molecule has 0 radical (unpaired) electrons. The minimum atomic E-state index is -4.83. The fourth-order valence-electron chi connectivity index (χ4n) is 3.44. The Morgan fingerprint density at radius 1 is 0.970 bits per heavy atom. The Hall–Kier alpha value is -4.08. The van der Waals surface area contributed by atoms with Gasteiger partial charge in [0.1, 0.15) is 18.0 Å². The van der Waals surface area contributed by atoms with Crippen molar-refractivity contribution in [3.63, 3.8) is 0 Å². The van der Waals surface area contributed by atoms with Crippen LogP contribution in [0.5, 0.6) is 11.5 Å². The Bertz CT molecular complexity index is 1160. The molecule has 1 fully saturated rings. The van der Waals surface area contributed by atoms with E-state index in [-0.39, 0.29) is 18.8 Å². The molecule has 2 heterocycles. The molecule has 1 saturated heterocycles. The SMILES string of the molecule is COc1ccc(-c2cc(CN3CC(=O)N(c4ccc(OC(F)(F)F)cc4)C3=O)ccn2)cc1. The van der Waals surface area contributed by atoms with E-state index in [9.17, 15) is 22.8 Å². The zero-order chi connectivity index (χ0) is 23.6. The van der Waals surface area contributed by atoms with E-state index in [0.29, 0.717) is 11.4 Å². The Morgan fingerprint density at radius 2 is 1.64 bits per heavy atom. The highest BCUT2D eigenvalue weighted by Gasteiger charge is 2.37. The predicted octanol–water partition coefficient (Wildman–Crippen LogP) is 4.62. The number of pyridine rings is 1. The van der Waals surface area contributed by atoms with E-state index >= 15 is 0 Å². The van der Waals surface area contributed by atoms with Crippen LogP contribution in [0.1, 0.15) is 5.56 Å². The Morgan fingerprint density at radius 3 is 2.27 bits per heavy atom. The fraction of sp³-hybridized carbons (Fsp3) is 0.174. The standard InChI is InChI=1S/C23H18F3N3O4/c1-32-18-6-2-16(3-7-18)20-12-15(10-11-27-20)13-28-14-21(30)29(22(28)31)17-4-8-19(9-5-17)33-23(24,25)26/h2-12H,13-14H2,1H3. The van der Waals surface area contributed by atoms with Crippen molar-refractivity contribution >= 4 is 17.6 Å². The van der Waals surface area contributed by atoms with Crippen molar-refractivity contribution in [2.24, 2.45) is 0 Å². The van der Waals surface area contributed by atoms with Gasteiger partial charge in [0.15, 0.2) is 0 Å². The van der Waals surface area contributed by atoms with Gasteiger partial charge in [0.25, 0.3) is 5.91 Å². The minimum Gasteiger partial charge on any atom is -0.497 e. The number of carbonyl (C=O) groups is 2. The van der Waals surface area contributed by atoms with Crippen molar-refractivity contribution in [1.29, 1.82) is 0 Å². The van der Waals surface area contributed by atoms with Gasteiger partial charge in [0.05, 0.1) is 18.5 Å². The lowest BCUT2D eigenvalue weighted by molar-refractivity contribution is -0.274. The molecule has 4 rings (SSSR count). The molecular formula is C23H18F3N3O4. The molecule has 3 aromatic rings. The third-order valence-electron chi connectivity index (χ3n) is 4.95. The number of halogens is 3. The molecule has 0 spiro atoms. The van der Waals surface area contributed by atoms with E-state index in [1.54, 1.807) is 19.4 Å². The number of rotatable bonds is 6. The molecule has 3 amide bonds. The van der Waals surface area contributed by atoms with Gasteiger partial charge in [-0.15, -0.1) is 13.2 Å². The molecule has 2 aromatic carbocycles. The summed E-state index contributed by atoms with van der Waals surface area (Å²) in [5.74, 6) is -0.201. The number of amides is 3. The van der Waals surface area contributed by atoms with Crippen LogP contribution in [0.15, 0.2) is 66.9 Å². The molecule has 0 saturated carbocycles. The van der Waals surface area contributed by atoms with Crippen LogP contribution in [0.4, 0.5) is 23.7 Å². The summed E-state index contributed by atoms with van der Waals surface area (Å²) in [5.41, 5.74) is 2.50. The van der Waals surface area contributed by atoms with E-state index < -0.39 is 24.1 Å². The van der Waals surface area contributed by atoms with Gasteiger partial charge in [0.2, 0.25) is 0 Å². The molecule has 0 bridgehead atoms. The van der Waals surface area contributed by atoms with E-state index in [1.165, 1.54) is 17.0 Å². The number of carbonyl (C=O) groups excluding carboxylic acids is 2. The van der Waals surface area contributed by atoms with Crippen LogP contribution in [-0.2, 0) is 11.3 Å². The first-order valence-corrected chi connectivity index (χ1v) is 9.80. The Kier molecular flexibility index (Phi) is 5.91. The first-order chi connectivity index (χ1) is 15.7. The van der Waals surface area contributed by atoms with Crippen LogP contribution < -0.4 is 14.4 Å². The highest BCUT2D eigenvalue weighted by Crippen LogP contribution is 2.28. The van der Waals surface area contributed by atoms with Crippen molar-refractivity contribution < 1.29 is 32.2 Å². The van der Waals surface area contributed by atoms with Gasteiger partial charge in [0, 0.05) is 18.3 Å². The number of methoxy groups -OCH3 is 1. The molecular weight excluding hydrogens is 439 g/mol. The number of anilines is 1. The second-order valence-electron chi connectivity index (χ2n) is 7.19. The molecule has 0 unspecified atom stereocenters. The van der Waals surface area contributed by atoms with Gasteiger partial charge in [-0.05, 0) is 66.2 Å². The predicted molar refractivity (Wildman–Crippen MR) is 113 cm³/mol. The maximum atomic E-state index is 12.9. The topological polar surface area (TPSA) is 72.0 Å². The van der Waals surface area contributed by atoms with Gasteiger partial charge >= 0.3 is 12.4 Å². The van der Waals surface area contributed by atoms with Gasteiger partial charge in [-0.1, -0.05) is 0 Å². The molecule has 0 aliphatic carbocycles. The highest BCUT2D eigenvalue weighted by atomic mass is 19.4. The summed E-state index contributed by atoms with van der Waals surface area (Å²) < 4.78 is 46.0. The van der Waals surface area contributed by atoms with E-state index in [2.05, 4.69) is 9.72 Å². The maximum absolute atomic E-state index is 12.9. The maximum Gasteiger partial charge on any atom is 0.573 e. The molecule has 0 atom stereocenters. The third kappa shape index (κ3) is 5.05. The van der Waals surface area contributed by atoms with E-state index in [4.69, 9.17) is 4.74 Å². The number of nitrogens with zero attached hydrogens (tertiary/aromatic N) is 3. The summed E-state index contributed by atoms with van der Waals surface area (Å²) >= 11 is 0. The van der Waals surface area contributed by atoms with Crippen molar-refractivity contribution in [2.45, 2.75) is 12.9 Å². The molecule has 10 heteroatoms. The zero-order valence-electron chi connectivity index (χ0n) is 17.4. The van der Waals surface area contributed by atoms with Gasteiger partial charge < -0.3 is 14.4 Å². The first-order valence-electron chi connectivity index (χ1n) is 9.80. The number of aromatic nitrogens is 1. The molecule has 0 N–H and O–H groups in total. The molecule has 170 valence electrons. The summed E-state index contributed by atoms with van der Waals surface area (Å²) in [4.78, 5) is 32.0. The monoisotopic (exact) mass is 457 g/mol. The number of benzene rings is 2. The van der Waals surface area contributed by atoms with Crippen molar-refractivity contribution in [2.75, 3.05) is 18.6 Å². The van der Waals surface area contributed by atoms with E-state index in [1.807, 2.05) is 30.3 Å². The summed E-state index contributed by atoms with van der Waals surface area (Å²) in [6.45, 7) is 0.0157. The van der Waals surface area contributed by atoms with Gasteiger partial charge in [-0.25, -0.2) is 9.69 Å². The van der Waals surface area contributed by atoms with Crippen LogP contribution in [0.2, 0.25) is 0 Å². The highest BCUT2D eigenvalue weighted by molar-refractivity contribution is 6.19. The van der Waals surface area contributed by atoms with Gasteiger partial charge in [-0.2, -0.15) is 0 Å². The number of alkyl halides is 3. The van der Waals surface area contributed by atoms with Crippen molar-refractivity contribution in [3.8, 4) is 22.8 Å². The van der Waals surface area contributed by atoms with E-state index in [0.717, 1.165) is 28.2 Å². The zero-order valence-corrected chi connectivity index (χ0v) is 17.4. The summed E-state index contributed by atoms with van der Waals surface area (Å²) in [7, 11) is 1.58. The second kappa shape index (κ2) is 8.81. The van der Waals surface area contributed by atoms with Crippen LogP contribution in [-0.4, -0.2) is 41.8 Å². The summed E-state index contributed by atoms with van der Waals surface area (Å²) in [6.07, 6.45) is -3.21. The largest absolute Gasteiger partial charge is 0.573 e. The summed E-state index contributed by atoms with van der Waals surface area (Å²) in [5, 5.41) is 0. The lowest BCUT2D eigenvalue weighted by Crippen LogP contribution is -2.32. The van der Waals surface area contributed by atoms with Crippen LogP contribution in [0.3, 0.4) is 0 Å². The number of urea groups is 1. The number of ether oxygens (including phenoxy) is 2. The average Bonchev–Trinajstić information content (AvgIpc) is 3.06. The van der Waals surface area contributed by atoms with Crippen molar-refractivity contribution in [3.05, 3.63) is 72.4 Å². The third-order valence-corrected chi connectivity index (χ3v) is 4.95. The van der Waals surface area contributed by atoms with Crippen LogP contribution >= 0.6 is 0 Å². The molecule has 1 aromatic heterocycles. The molecule has 33 heavy (non-hydrogen) atoms. The number of hydrogen-bond acceptors (Lipinski definition) is 5. The fourth-order valence-corrected chi connectivity index (χ4v) is 3.44. The normalized spacial score (nSPS) is 14.1. The quantitative estimate of drug-likeness (QED) is 0.505. The minimum absolute atomic E-state index is 0.153. The van der Waals surface area contributed by atoms with Gasteiger partial charge in [-0.3, -0.25) is 9.78 Å². The van der Waals surface area contributed by atoms with Crippen molar-refractivity contribution in [1.82, 2.24) is 9.88 Å². The average molecular weight is 457 g/mol. The van der Waals surface area contributed by atoms with Crippen LogP contribution in [0, 0.1) is 0 Å². The second-order valence-corrected chi connectivity index (χ2v) is 7.19. The summed E-state index contributed by atoms with van der Waals surface area (Å²) in [6, 6.07) is 14.9. The van der Waals surface area contributed by atoms with Crippen LogP contribution in [0.25, 0.3) is 11.3 Å². The Labute approximate surface area is 187 Å². The molecule has 1 aliphatic rings. The molecule has 1 aliphatic heterocycles. The number of hydrogen-bond donors (Lipinski definition) is 0.